The number of primary sulfonamides is 1. The second kappa shape index (κ2) is 6.74. The Balaban J connectivity index is 2.10. The van der Waals surface area contributed by atoms with Gasteiger partial charge in [0.15, 0.2) is 0 Å². The molecule has 0 spiro atoms. The lowest BCUT2D eigenvalue weighted by molar-refractivity contribution is -0.112. The number of anilines is 1. The number of halogens is 1. The van der Waals surface area contributed by atoms with Crippen LogP contribution in [0.15, 0.2) is 64.5 Å². The van der Waals surface area contributed by atoms with Gasteiger partial charge in [-0.1, -0.05) is 41.9 Å². The van der Waals surface area contributed by atoms with E-state index in [0.717, 1.165) is 5.56 Å². The number of amides is 1. The third kappa shape index (κ3) is 4.42. The van der Waals surface area contributed by atoms with E-state index in [4.69, 9.17) is 16.7 Å². The highest BCUT2D eigenvalue weighted by atomic mass is 35.5. The summed E-state index contributed by atoms with van der Waals surface area (Å²) in [6.45, 7) is 0. The summed E-state index contributed by atoms with van der Waals surface area (Å²) in [6.07, 6.45) is 1.54. The molecule has 0 radical (unpaired) electrons. The van der Waals surface area contributed by atoms with E-state index in [1.165, 1.54) is 30.3 Å². The molecule has 0 fully saturated rings. The smallest absolute Gasteiger partial charge is 0.267 e. The fourth-order valence-corrected chi connectivity index (χ4v) is 2.37. The molecule has 2 rings (SSSR count). The second-order valence-electron chi connectivity index (χ2n) is 4.43. The molecule has 2 aromatic rings. The molecule has 0 aromatic heterocycles. The summed E-state index contributed by atoms with van der Waals surface area (Å²) >= 11 is 5.95. The molecular formula is C15H13ClN2O3S. The molecule has 0 bridgehead atoms. The molecule has 0 aliphatic carbocycles. The quantitative estimate of drug-likeness (QED) is 0.841. The van der Waals surface area contributed by atoms with E-state index in [-0.39, 0.29) is 9.93 Å². The predicted molar refractivity (Wildman–Crippen MR) is 86.7 cm³/mol. The fourth-order valence-electron chi connectivity index (χ4n) is 1.68. The molecule has 0 aliphatic rings. The zero-order chi connectivity index (χ0) is 16.2. The van der Waals surface area contributed by atoms with Crippen molar-refractivity contribution in [2.24, 2.45) is 5.14 Å². The standard InChI is InChI=1S/C15H13ClN2O3S/c16-14(10-11-4-2-1-3-5-11)15(19)18-12-6-8-13(9-7-12)22(17,20)21/h1-10H,(H,18,19)(H2,17,20,21)/b14-10-. The average molecular weight is 337 g/mol. The van der Waals surface area contributed by atoms with Crippen LogP contribution >= 0.6 is 11.6 Å². The highest BCUT2D eigenvalue weighted by Gasteiger charge is 2.10. The third-order valence-electron chi connectivity index (χ3n) is 2.75. The lowest BCUT2D eigenvalue weighted by atomic mass is 10.2. The Bertz CT molecular complexity index is 800. The first-order valence-corrected chi connectivity index (χ1v) is 8.15. The van der Waals surface area contributed by atoms with Crippen molar-refractivity contribution >= 4 is 39.3 Å². The molecular weight excluding hydrogens is 324 g/mol. The number of rotatable bonds is 4. The number of nitrogens with one attached hydrogen (secondary N) is 1. The Labute approximate surface area is 133 Å². The fraction of sp³-hybridized carbons (Fsp3) is 0. The Morgan fingerprint density at radius 3 is 2.18 bits per heavy atom. The van der Waals surface area contributed by atoms with Crippen LogP contribution < -0.4 is 10.5 Å². The normalized spacial score (nSPS) is 12.0. The van der Waals surface area contributed by atoms with Crippen molar-refractivity contribution in [2.75, 3.05) is 5.32 Å². The van der Waals surface area contributed by atoms with Crippen molar-refractivity contribution in [2.45, 2.75) is 4.90 Å². The predicted octanol–water partition coefficient (Wildman–Crippen LogP) is 2.55. The summed E-state index contributed by atoms with van der Waals surface area (Å²) in [5, 5.41) is 7.58. The molecule has 0 saturated heterocycles. The van der Waals surface area contributed by atoms with Gasteiger partial charge in [0.2, 0.25) is 10.0 Å². The van der Waals surface area contributed by atoms with Gasteiger partial charge in [-0.25, -0.2) is 13.6 Å². The van der Waals surface area contributed by atoms with Gasteiger partial charge in [-0.3, -0.25) is 4.79 Å². The summed E-state index contributed by atoms with van der Waals surface area (Å²) in [7, 11) is -3.76. The van der Waals surface area contributed by atoms with Crippen molar-refractivity contribution < 1.29 is 13.2 Å². The molecule has 0 saturated carbocycles. The third-order valence-corrected chi connectivity index (χ3v) is 3.96. The van der Waals surface area contributed by atoms with E-state index in [0.29, 0.717) is 5.69 Å². The van der Waals surface area contributed by atoms with Crippen LogP contribution in [0.5, 0.6) is 0 Å². The van der Waals surface area contributed by atoms with E-state index in [1.54, 1.807) is 0 Å². The van der Waals surface area contributed by atoms with Gasteiger partial charge in [0, 0.05) is 5.69 Å². The minimum Gasteiger partial charge on any atom is -0.321 e. The SMILES string of the molecule is NS(=O)(=O)c1ccc(NC(=O)/C(Cl)=C/c2ccccc2)cc1. The molecule has 22 heavy (non-hydrogen) atoms. The van der Waals surface area contributed by atoms with Gasteiger partial charge in [0.25, 0.3) is 5.91 Å². The second-order valence-corrected chi connectivity index (χ2v) is 6.40. The Morgan fingerprint density at radius 2 is 1.64 bits per heavy atom. The van der Waals surface area contributed by atoms with Crippen molar-refractivity contribution in [1.82, 2.24) is 0 Å². The number of hydrogen-bond acceptors (Lipinski definition) is 3. The zero-order valence-electron chi connectivity index (χ0n) is 11.4. The average Bonchev–Trinajstić information content (AvgIpc) is 2.48. The first-order valence-electron chi connectivity index (χ1n) is 6.23. The van der Waals surface area contributed by atoms with E-state index < -0.39 is 15.9 Å². The monoisotopic (exact) mass is 336 g/mol. The summed E-state index contributed by atoms with van der Waals surface area (Å²) in [5.41, 5.74) is 1.21. The maximum Gasteiger partial charge on any atom is 0.267 e. The van der Waals surface area contributed by atoms with Gasteiger partial charge in [0.05, 0.1) is 4.90 Å². The van der Waals surface area contributed by atoms with Gasteiger partial charge in [-0.05, 0) is 35.9 Å². The number of carbonyl (C=O) groups excluding carboxylic acids is 1. The highest BCUT2D eigenvalue weighted by molar-refractivity contribution is 7.89. The largest absolute Gasteiger partial charge is 0.321 e. The van der Waals surface area contributed by atoms with Gasteiger partial charge < -0.3 is 5.32 Å². The summed E-state index contributed by atoms with van der Waals surface area (Å²) in [5.74, 6) is -0.492. The number of hydrogen-bond donors (Lipinski definition) is 2. The molecule has 2 aromatic carbocycles. The zero-order valence-corrected chi connectivity index (χ0v) is 12.9. The van der Waals surface area contributed by atoms with Gasteiger partial charge in [-0.2, -0.15) is 0 Å². The Kier molecular flexibility index (Phi) is 4.97. The lowest BCUT2D eigenvalue weighted by Gasteiger charge is -2.05. The van der Waals surface area contributed by atoms with Crippen LogP contribution in [0.3, 0.4) is 0 Å². The number of carbonyl (C=O) groups is 1. The first kappa shape index (κ1) is 16.2. The minimum absolute atomic E-state index is 0.0155. The Hall–Kier alpha value is -2.15. The van der Waals surface area contributed by atoms with E-state index in [9.17, 15) is 13.2 Å². The summed E-state index contributed by atoms with van der Waals surface area (Å²) in [6, 6.07) is 14.6. The maximum absolute atomic E-state index is 11.9. The lowest BCUT2D eigenvalue weighted by Crippen LogP contribution is -2.13. The van der Waals surface area contributed by atoms with Gasteiger partial charge in [0.1, 0.15) is 5.03 Å². The van der Waals surface area contributed by atoms with Crippen LogP contribution in [0.25, 0.3) is 6.08 Å². The minimum atomic E-state index is -3.76. The topological polar surface area (TPSA) is 89.3 Å². The number of benzene rings is 2. The van der Waals surface area contributed by atoms with Crippen LogP contribution in [0.1, 0.15) is 5.56 Å². The van der Waals surface area contributed by atoms with E-state index in [1.807, 2.05) is 30.3 Å². The number of sulfonamides is 1. The van der Waals surface area contributed by atoms with E-state index in [2.05, 4.69) is 5.32 Å². The molecule has 0 heterocycles. The first-order chi connectivity index (χ1) is 10.4. The molecule has 0 atom stereocenters. The van der Waals surface area contributed by atoms with Crippen molar-refractivity contribution in [3.63, 3.8) is 0 Å². The summed E-state index contributed by atoms with van der Waals surface area (Å²) < 4.78 is 22.3. The Morgan fingerprint density at radius 1 is 1.05 bits per heavy atom. The molecule has 0 aliphatic heterocycles. The number of nitrogens with two attached hydrogens (primary N) is 1. The van der Waals surface area contributed by atoms with Gasteiger partial charge in [-0.15, -0.1) is 0 Å². The molecule has 3 N–H and O–H groups in total. The van der Waals surface area contributed by atoms with Crippen molar-refractivity contribution in [3.05, 3.63) is 65.2 Å². The molecule has 1 amide bonds. The molecule has 5 nitrogen and oxygen atoms in total. The van der Waals surface area contributed by atoms with Crippen molar-refractivity contribution in [3.8, 4) is 0 Å². The molecule has 114 valence electrons. The van der Waals surface area contributed by atoms with Crippen LogP contribution in [-0.4, -0.2) is 14.3 Å². The highest BCUT2D eigenvalue weighted by Crippen LogP contribution is 2.16. The van der Waals surface area contributed by atoms with Crippen molar-refractivity contribution in [1.29, 1.82) is 0 Å². The van der Waals surface area contributed by atoms with E-state index >= 15 is 0 Å². The molecule has 7 heteroatoms. The van der Waals surface area contributed by atoms with Crippen LogP contribution in [-0.2, 0) is 14.8 Å². The maximum atomic E-state index is 11.9. The van der Waals surface area contributed by atoms with Crippen LogP contribution in [0, 0.1) is 0 Å². The molecule has 0 unspecified atom stereocenters. The summed E-state index contributed by atoms with van der Waals surface area (Å²) in [4.78, 5) is 11.9. The van der Waals surface area contributed by atoms with Crippen LogP contribution in [0.4, 0.5) is 5.69 Å². The van der Waals surface area contributed by atoms with Crippen LogP contribution in [0.2, 0.25) is 0 Å². The van der Waals surface area contributed by atoms with Gasteiger partial charge >= 0.3 is 0 Å².